The number of fused-ring (bicyclic) bond motifs is 2. The van der Waals surface area contributed by atoms with Crippen LogP contribution in [-0.2, 0) is 24.2 Å². The van der Waals surface area contributed by atoms with E-state index in [0.29, 0.717) is 24.0 Å². The van der Waals surface area contributed by atoms with Crippen molar-refractivity contribution in [2.75, 3.05) is 0 Å². The number of aromatic nitrogens is 2. The van der Waals surface area contributed by atoms with Crippen LogP contribution in [0.3, 0.4) is 0 Å². The van der Waals surface area contributed by atoms with Crippen molar-refractivity contribution in [2.45, 2.75) is 65.0 Å². The van der Waals surface area contributed by atoms with Gasteiger partial charge in [0.25, 0.3) is 5.56 Å². The lowest BCUT2D eigenvalue weighted by Gasteiger charge is -2.40. The van der Waals surface area contributed by atoms with Crippen molar-refractivity contribution in [1.82, 2.24) is 14.7 Å². The molecule has 1 aromatic heterocycles. The second-order valence-corrected chi connectivity index (χ2v) is 9.33. The number of aryl methyl sites for hydroxylation is 1. The number of amides is 1. The number of nitrogens with zero attached hydrogens (tertiary/aromatic N) is 3. The Kier molecular flexibility index (Phi) is 5.77. The summed E-state index contributed by atoms with van der Waals surface area (Å²) in [6, 6.07) is 14.6. The molecule has 0 unspecified atom stereocenters. The fourth-order valence-electron chi connectivity index (χ4n) is 4.24. The summed E-state index contributed by atoms with van der Waals surface area (Å²) in [5, 5.41) is 17.0. The van der Waals surface area contributed by atoms with Gasteiger partial charge in [0.05, 0.1) is 29.8 Å². The second kappa shape index (κ2) is 8.39. The maximum absolute atomic E-state index is 13.0. The van der Waals surface area contributed by atoms with E-state index in [1.807, 2.05) is 70.2 Å². The molecule has 1 N–H and O–H groups in total. The Balaban J connectivity index is 1.66. The predicted molar refractivity (Wildman–Crippen MR) is 122 cm³/mol. The Morgan fingerprint density at radius 1 is 1.12 bits per heavy atom. The number of hydrogen-bond donors (Lipinski definition) is 1. The van der Waals surface area contributed by atoms with Crippen molar-refractivity contribution in [3.63, 3.8) is 0 Å². The van der Waals surface area contributed by atoms with Crippen LogP contribution in [0.15, 0.2) is 53.3 Å². The van der Waals surface area contributed by atoms with Gasteiger partial charge < -0.3 is 9.84 Å². The van der Waals surface area contributed by atoms with Crippen molar-refractivity contribution in [3.05, 3.63) is 75.7 Å². The van der Waals surface area contributed by atoms with Gasteiger partial charge in [-0.25, -0.2) is 9.48 Å². The van der Waals surface area contributed by atoms with E-state index in [4.69, 9.17) is 4.74 Å². The van der Waals surface area contributed by atoms with Crippen LogP contribution in [-0.4, -0.2) is 43.6 Å². The zero-order chi connectivity index (χ0) is 23.0. The third kappa shape index (κ3) is 4.39. The standard InChI is InChI=1S/C25H29N3O4/c1-16-19-11-7-8-12-20(19)23(30)28(26-16)15-22(29)21-13-17-9-5-6-10-18(17)14-27(21)24(31)32-25(2,3)4/h5-12,21-22,29H,13-15H2,1-4H3/t21-,22+/m0/s1. The van der Waals surface area contributed by atoms with E-state index in [9.17, 15) is 14.7 Å². The Morgan fingerprint density at radius 2 is 1.75 bits per heavy atom. The number of rotatable bonds is 3. The smallest absolute Gasteiger partial charge is 0.410 e. The van der Waals surface area contributed by atoms with Crippen LogP contribution < -0.4 is 5.56 Å². The number of aliphatic hydroxyl groups is 1. The first-order valence-electron chi connectivity index (χ1n) is 10.8. The molecule has 0 spiro atoms. The summed E-state index contributed by atoms with van der Waals surface area (Å²) in [6.45, 7) is 7.61. The molecule has 4 rings (SSSR count). The van der Waals surface area contributed by atoms with Crippen molar-refractivity contribution >= 4 is 16.9 Å². The van der Waals surface area contributed by atoms with Gasteiger partial charge in [0.15, 0.2) is 0 Å². The molecule has 1 amide bonds. The SMILES string of the molecule is Cc1nn(C[C@@H](O)[C@@H]2Cc3ccccc3CN2C(=O)OC(C)(C)C)c(=O)c2ccccc12. The first-order chi connectivity index (χ1) is 15.1. The molecule has 0 radical (unpaired) electrons. The van der Waals surface area contributed by atoms with Crippen LogP contribution in [0, 0.1) is 6.92 Å². The summed E-state index contributed by atoms with van der Waals surface area (Å²) in [7, 11) is 0. The highest BCUT2D eigenvalue weighted by atomic mass is 16.6. The third-order valence-electron chi connectivity index (χ3n) is 5.77. The average molecular weight is 436 g/mol. The molecule has 2 heterocycles. The minimum absolute atomic E-state index is 0.0172. The molecule has 1 aliphatic heterocycles. The molecule has 0 saturated heterocycles. The van der Waals surface area contributed by atoms with Crippen LogP contribution >= 0.6 is 0 Å². The molecular weight excluding hydrogens is 406 g/mol. The molecule has 7 heteroatoms. The van der Waals surface area contributed by atoms with Gasteiger partial charge in [-0.2, -0.15) is 5.10 Å². The molecule has 1 aliphatic rings. The lowest BCUT2D eigenvalue weighted by Crippen LogP contribution is -2.53. The van der Waals surface area contributed by atoms with E-state index in [1.54, 1.807) is 11.0 Å². The molecule has 2 atom stereocenters. The largest absolute Gasteiger partial charge is 0.444 e. The predicted octanol–water partition coefficient (Wildman–Crippen LogP) is 3.43. The number of carbonyl (C=O) groups excluding carboxylic acids is 1. The maximum Gasteiger partial charge on any atom is 0.410 e. The van der Waals surface area contributed by atoms with Crippen LogP contribution in [0.4, 0.5) is 4.79 Å². The van der Waals surface area contributed by atoms with Crippen molar-refractivity contribution in [3.8, 4) is 0 Å². The first kappa shape index (κ1) is 22.0. The third-order valence-corrected chi connectivity index (χ3v) is 5.77. The van der Waals surface area contributed by atoms with Gasteiger partial charge in [-0.05, 0) is 51.3 Å². The Morgan fingerprint density at radius 3 is 2.44 bits per heavy atom. The highest BCUT2D eigenvalue weighted by Gasteiger charge is 2.37. The monoisotopic (exact) mass is 435 g/mol. The highest BCUT2D eigenvalue weighted by Crippen LogP contribution is 2.27. The molecule has 168 valence electrons. The summed E-state index contributed by atoms with van der Waals surface area (Å²) >= 11 is 0. The minimum Gasteiger partial charge on any atom is -0.444 e. The Bertz CT molecular complexity index is 1210. The fraction of sp³-hybridized carbons (Fsp3) is 0.400. The van der Waals surface area contributed by atoms with E-state index < -0.39 is 23.8 Å². The van der Waals surface area contributed by atoms with Crippen molar-refractivity contribution in [2.24, 2.45) is 0 Å². The summed E-state index contributed by atoms with van der Waals surface area (Å²) < 4.78 is 6.92. The molecule has 0 bridgehead atoms. The summed E-state index contributed by atoms with van der Waals surface area (Å²) in [5.41, 5.74) is 1.90. The van der Waals surface area contributed by atoms with Crippen molar-refractivity contribution < 1.29 is 14.6 Å². The summed E-state index contributed by atoms with van der Waals surface area (Å²) in [4.78, 5) is 27.5. The molecule has 0 saturated carbocycles. The van der Waals surface area contributed by atoms with Gasteiger partial charge in [0, 0.05) is 11.9 Å². The lowest BCUT2D eigenvalue weighted by molar-refractivity contribution is -0.0162. The molecule has 0 fully saturated rings. The maximum atomic E-state index is 13.0. The lowest BCUT2D eigenvalue weighted by atomic mass is 9.91. The zero-order valence-corrected chi connectivity index (χ0v) is 18.9. The second-order valence-electron chi connectivity index (χ2n) is 9.33. The summed E-state index contributed by atoms with van der Waals surface area (Å²) in [5.74, 6) is 0. The van der Waals surface area contributed by atoms with Gasteiger partial charge in [0.1, 0.15) is 5.60 Å². The van der Waals surface area contributed by atoms with E-state index in [0.717, 1.165) is 16.5 Å². The van der Waals surface area contributed by atoms with E-state index >= 15 is 0 Å². The van der Waals surface area contributed by atoms with Gasteiger partial charge in [0.2, 0.25) is 0 Å². The van der Waals surface area contributed by atoms with Crippen molar-refractivity contribution in [1.29, 1.82) is 0 Å². The number of aliphatic hydroxyl groups excluding tert-OH is 1. The minimum atomic E-state index is -0.998. The Hall–Kier alpha value is -3.19. The normalized spacial score (nSPS) is 17.2. The average Bonchev–Trinajstić information content (AvgIpc) is 2.75. The highest BCUT2D eigenvalue weighted by molar-refractivity contribution is 5.83. The molecular formula is C25H29N3O4. The van der Waals surface area contributed by atoms with Crippen LogP contribution in [0.2, 0.25) is 0 Å². The van der Waals surface area contributed by atoms with E-state index in [2.05, 4.69) is 5.10 Å². The van der Waals surface area contributed by atoms with Crippen LogP contribution in [0.25, 0.3) is 10.8 Å². The molecule has 2 aromatic carbocycles. The Labute approximate surface area is 187 Å². The molecule has 32 heavy (non-hydrogen) atoms. The van der Waals surface area contributed by atoms with Gasteiger partial charge in [-0.1, -0.05) is 42.5 Å². The van der Waals surface area contributed by atoms with Crippen LogP contribution in [0.5, 0.6) is 0 Å². The van der Waals surface area contributed by atoms with Gasteiger partial charge in [-0.15, -0.1) is 0 Å². The number of benzene rings is 2. The van der Waals surface area contributed by atoms with Gasteiger partial charge in [-0.3, -0.25) is 9.69 Å². The number of ether oxygens (including phenoxy) is 1. The van der Waals surface area contributed by atoms with E-state index in [-0.39, 0.29) is 12.1 Å². The first-order valence-corrected chi connectivity index (χ1v) is 10.8. The quantitative estimate of drug-likeness (QED) is 0.681. The van der Waals surface area contributed by atoms with Crippen LogP contribution in [0.1, 0.15) is 37.6 Å². The molecule has 0 aliphatic carbocycles. The summed E-state index contributed by atoms with van der Waals surface area (Å²) in [6.07, 6.45) is -1.01. The zero-order valence-electron chi connectivity index (χ0n) is 18.9. The molecule has 3 aromatic rings. The fourth-order valence-corrected chi connectivity index (χ4v) is 4.24. The molecule has 7 nitrogen and oxygen atoms in total. The topological polar surface area (TPSA) is 84.7 Å². The van der Waals surface area contributed by atoms with Gasteiger partial charge >= 0.3 is 6.09 Å². The number of hydrogen-bond acceptors (Lipinski definition) is 5. The van der Waals surface area contributed by atoms with E-state index in [1.165, 1.54) is 4.68 Å². The number of carbonyl (C=O) groups is 1.